The van der Waals surface area contributed by atoms with Crippen molar-refractivity contribution in [1.82, 2.24) is 9.97 Å². The summed E-state index contributed by atoms with van der Waals surface area (Å²) in [7, 11) is 0. The van der Waals surface area contributed by atoms with Crippen LogP contribution in [0.15, 0.2) is 28.2 Å². The molecule has 5 nitrogen and oxygen atoms in total. The summed E-state index contributed by atoms with van der Waals surface area (Å²) in [5.74, 6) is 0.764. The summed E-state index contributed by atoms with van der Waals surface area (Å²) >= 11 is 1.33. The van der Waals surface area contributed by atoms with Crippen LogP contribution in [0.3, 0.4) is 0 Å². The van der Waals surface area contributed by atoms with Crippen LogP contribution in [0.5, 0.6) is 5.75 Å². The summed E-state index contributed by atoms with van der Waals surface area (Å²) in [6, 6.07) is 7.59. The zero-order valence-corrected chi connectivity index (χ0v) is 15.0. The molecule has 0 bridgehead atoms. The van der Waals surface area contributed by atoms with Gasteiger partial charge in [-0.05, 0) is 31.2 Å². The van der Waals surface area contributed by atoms with Crippen LogP contribution in [0, 0.1) is 18.3 Å². The standard InChI is InChI=1S/C18H21N3O2S/c1-4-5-6-9-23-15-10-13(8-7-12(15)2)16-14(11-19)17(22)21-18(20-16)24-3/h7-8,10H,4-6,9H2,1-3H3,(H,20,21,22). The number of nitriles is 1. The molecule has 1 N–H and O–H groups in total. The first-order valence-corrected chi connectivity index (χ1v) is 9.15. The molecule has 1 aromatic heterocycles. The Kier molecular flexibility index (Phi) is 6.44. The van der Waals surface area contributed by atoms with Gasteiger partial charge >= 0.3 is 0 Å². The number of hydrogen-bond acceptors (Lipinski definition) is 5. The van der Waals surface area contributed by atoms with Gasteiger partial charge in [0.25, 0.3) is 5.56 Å². The molecule has 0 fully saturated rings. The minimum absolute atomic E-state index is 0.0218. The smallest absolute Gasteiger partial charge is 0.270 e. The molecular weight excluding hydrogens is 322 g/mol. The highest BCUT2D eigenvalue weighted by Gasteiger charge is 2.14. The molecule has 0 spiro atoms. The van der Waals surface area contributed by atoms with Gasteiger partial charge < -0.3 is 9.72 Å². The fraction of sp³-hybridized carbons (Fsp3) is 0.389. The maximum atomic E-state index is 12.1. The van der Waals surface area contributed by atoms with E-state index in [1.165, 1.54) is 11.8 Å². The molecule has 24 heavy (non-hydrogen) atoms. The molecule has 2 aromatic rings. The number of ether oxygens (including phenoxy) is 1. The Morgan fingerprint density at radius 3 is 2.83 bits per heavy atom. The molecule has 0 amide bonds. The van der Waals surface area contributed by atoms with E-state index in [0.717, 1.165) is 30.6 Å². The zero-order valence-electron chi connectivity index (χ0n) is 14.2. The quantitative estimate of drug-likeness (QED) is 0.468. The van der Waals surface area contributed by atoms with Gasteiger partial charge in [-0.15, -0.1) is 0 Å². The van der Waals surface area contributed by atoms with Crippen molar-refractivity contribution in [3.63, 3.8) is 0 Å². The zero-order chi connectivity index (χ0) is 17.5. The molecule has 2 rings (SSSR count). The number of unbranched alkanes of at least 4 members (excludes halogenated alkanes) is 2. The van der Waals surface area contributed by atoms with Crippen LogP contribution >= 0.6 is 11.8 Å². The van der Waals surface area contributed by atoms with Gasteiger partial charge in [-0.1, -0.05) is 43.7 Å². The molecule has 0 saturated heterocycles. The van der Waals surface area contributed by atoms with E-state index in [1.54, 1.807) is 0 Å². The van der Waals surface area contributed by atoms with Gasteiger partial charge in [-0.25, -0.2) is 4.98 Å². The Hall–Kier alpha value is -2.26. The van der Waals surface area contributed by atoms with Crippen LogP contribution in [-0.4, -0.2) is 22.8 Å². The molecule has 0 radical (unpaired) electrons. The number of rotatable bonds is 7. The Morgan fingerprint density at radius 1 is 1.38 bits per heavy atom. The summed E-state index contributed by atoms with van der Waals surface area (Å²) in [5.41, 5.74) is 1.73. The first kappa shape index (κ1) is 18.1. The number of H-pyrrole nitrogens is 1. The molecule has 6 heteroatoms. The normalized spacial score (nSPS) is 10.4. The number of hydrogen-bond donors (Lipinski definition) is 1. The van der Waals surface area contributed by atoms with E-state index in [0.29, 0.717) is 23.0 Å². The SMILES string of the molecule is CCCCCOc1cc(-c2nc(SC)[nH]c(=O)c2C#N)ccc1C. The maximum Gasteiger partial charge on any atom is 0.270 e. The number of thioether (sulfide) groups is 1. The molecule has 0 aliphatic rings. The molecule has 0 unspecified atom stereocenters. The van der Waals surface area contributed by atoms with Crippen molar-refractivity contribution < 1.29 is 4.74 Å². The predicted molar refractivity (Wildman–Crippen MR) is 96.5 cm³/mol. The van der Waals surface area contributed by atoms with Crippen molar-refractivity contribution in [2.45, 2.75) is 38.3 Å². The molecular formula is C18H21N3O2S. The Morgan fingerprint density at radius 2 is 2.17 bits per heavy atom. The highest BCUT2D eigenvalue weighted by atomic mass is 32.2. The third-order valence-corrected chi connectivity index (χ3v) is 4.25. The fourth-order valence-electron chi connectivity index (χ4n) is 2.30. The molecule has 1 aromatic carbocycles. The van der Waals surface area contributed by atoms with E-state index in [4.69, 9.17) is 4.74 Å². The van der Waals surface area contributed by atoms with Crippen molar-refractivity contribution in [3.05, 3.63) is 39.7 Å². The van der Waals surface area contributed by atoms with E-state index in [2.05, 4.69) is 16.9 Å². The Labute approximate surface area is 146 Å². The third kappa shape index (κ3) is 4.18. The third-order valence-electron chi connectivity index (χ3n) is 3.67. The van der Waals surface area contributed by atoms with Gasteiger partial charge in [0.15, 0.2) is 5.16 Å². The van der Waals surface area contributed by atoms with Gasteiger partial charge in [0, 0.05) is 5.56 Å². The summed E-state index contributed by atoms with van der Waals surface area (Å²) in [6.07, 6.45) is 5.10. The maximum absolute atomic E-state index is 12.1. The van der Waals surface area contributed by atoms with Crippen LogP contribution in [0.2, 0.25) is 0 Å². The summed E-state index contributed by atoms with van der Waals surface area (Å²) in [4.78, 5) is 19.1. The number of benzene rings is 1. The van der Waals surface area contributed by atoms with Gasteiger partial charge in [0.1, 0.15) is 17.4 Å². The van der Waals surface area contributed by atoms with E-state index < -0.39 is 5.56 Å². The average molecular weight is 343 g/mol. The summed E-state index contributed by atoms with van der Waals surface area (Å²) < 4.78 is 5.86. The number of aromatic nitrogens is 2. The average Bonchev–Trinajstić information content (AvgIpc) is 2.59. The summed E-state index contributed by atoms with van der Waals surface area (Å²) in [6.45, 7) is 4.78. The Bertz CT molecular complexity index is 809. The van der Waals surface area contributed by atoms with Gasteiger partial charge in [-0.3, -0.25) is 4.79 Å². The Balaban J connectivity index is 2.41. The second-order valence-electron chi connectivity index (χ2n) is 5.45. The van der Waals surface area contributed by atoms with Gasteiger partial charge in [0.05, 0.1) is 12.3 Å². The van der Waals surface area contributed by atoms with Gasteiger partial charge in [0.2, 0.25) is 0 Å². The van der Waals surface area contributed by atoms with Crippen LogP contribution in [0.4, 0.5) is 0 Å². The fourth-order valence-corrected chi connectivity index (χ4v) is 2.68. The van der Waals surface area contributed by atoms with Crippen LogP contribution in [0.1, 0.15) is 37.3 Å². The van der Waals surface area contributed by atoms with Crippen molar-refractivity contribution in [2.75, 3.05) is 12.9 Å². The molecule has 0 aliphatic heterocycles. The largest absolute Gasteiger partial charge is 0.493 e. The lowest BCUT2D eigenvalue weighted by molar-refractivity contribution is 0.304. The first-order chi connectivity index (χ1) is 11.6. The molecule has 0 aliphatic carbocycles. The van der Waals surface area contributed by atoms with Crippen molar-refractivity contribution in [3.8, 4) is 23.1 Å². The van der Waals surface area contributed by atoms with E-state index in [1.807, 2.05) is 37.4 Å². The van der Waals surface area contributed by atoms with Gasteiger partial charge in [-0.2, -0.15) is 5.26 Å². The van der Waals surface area contributed by atoms with Crippen LogP contribution < -0.4 is 10.3 Å². The first-order valence-electron chi connectivity index (χ1n) is 7.93. The number of aromatic amines is 1. The molecule has 1 heterocycles. The second kappa shape index (κ2) is 8.55. The highest BCUT2D eigenvalue weighted by molar-refractivity contribution is 7.98. The van der Waals surface area contributed by atoms with Crippen molar-refractivity contribution in [1.29, 1.82) is 5.26 Å². The number of aryl methyl sites for hydroxylation is 1. The molecule has 0 saturated carbocycles. The minimum Gasteiger partial charge on any atom is -0.493 e. The number of nitrogens with zero attached hydrogens (tertiary/aromatic N) is 2. The van der Waals surface area contributed by atoms with E-state index >= 15 is 0 Å². The molecule has 0 atom stereocenters. The minimum atomic E-state index is -0.419. The predicted octanol–water partition coefficient (Wildman–Crippen LogP) is 3.91. The van der Waals surface area contributed by atoms with E-state index in [-0.39, 0.29) is 5.56 Å². The second-order valence-corrected chi connectivity index (χ2v) is 6.24. The summed E-state index contributed by atoms with van der Waals surface area (Å²) in [5, 5.41) is 9.79. The van der Waals surface area contributed by atoms with Crippen LogP contribution in [-0.2, 0) is 0 Å². The lowest BCUT2D eigenvalue weighted by Gasteiger charge is -2.11. The molecule has 126 valence electrons. The lowest BCUT2D eigenvalue weighted by Crippen LogP contribution is -2.14. The highest BCUT2D eigenvalue weighted by Crippen LogP contribution is 2.28. The van der Waals surface area contributed by atoms with Crippen molar-refractivity contribution in [2.24, 2.45) is 0 Å². The van der Waals surface area contributed by atoms with Crippen molar-refractivity contribution >= 4 is 11.8 Å². The monoisotopic (exact) mass is 343 g/mol. The van der Waals surface area contributed by atoms with Crippen LogP contribution in [0.25, 0.3) is 11.3 Å². The topological polar surface area (TPSA) is 78.8 Å². The lowest BCUT2D eigenvalue weighted by atomic mass is 10.1. The number of nitrogens with one attached hydrogen (secondary N) is 1. The van der Waals surface area contributed by atoms with E-state index in [9.17, 15) is 10.1 Å².